The molecule has 3 atom stereocenters. The van der Waals surface area contributed by atoms with Crippen LogP contribution in [0.2, 0.25) is 0 Å². The summed E-state index contributed by atoms with van der Waals surface area (Å²) in [7, 11) is 0. The summed E-state index contributed by atoms with van der Waals surface area (Å²) in [6, 6.07) is 0. The molecule has 6 heteroatoms. The molecule has 2 rings (SSSR count). The number of piperidine rings is 1. The standard InChI is InChI=1S/C14H20F3NO2/c1-8(2)11-12(20)18-10(19)7-13(11)5-3-4-9(6-13)14(15,16)17/h8-9,11H,3-7H2,1-2H3,(H,18,19,20). The van der Waals surface area contributed by atoms with E-state index in [0.717, 1.165) is 0 Å². The Morgan fingerprint density at radius 2 is 1.95 bits per heavy atom. The number of carbonyl (C=O) groups is 2. The number of hydrogen-bond donors (Lipinski definition) is 1. The van der Waals surface area contributed by atoms with Crippen molar-refractivity contribution in [2.75, 3.05) is 0 Å². The Balaban J connectivity index is 2.33. The van der Waals surface area contributed by atoms with Gasteiger partial charge in [0.1, 0.15) is 0 Å². The lowest BCUT2D eigenvalue weighted by Crippen LogP contribution is -2.56. The van der Waals surface area contributed by atoms with Crippen LogP contribution in [0.5, 0.6) is 0 Å². The van der Waals surface area contributed by atoms with Crippen LogP contribution in [0.25, 0.3) is 0 Å². The number of halogens is 3. The van der Waals surface area contributed by atoms with Gasteiger partial charge in [0.15, 0.2) is 0 Å². The second-order valence-corrected chi connectivity index (χ2v) is 6.51. The highest BCUT2D eigenvalue weighted by Crippen LogP contribution is 2.54. The molecular weight excluding hydrogens is 271 g/mol. The lowest BCUT2D eigenvalue weighted by molar-refractivity contribution is -0.200. The Labute approximate surface area is 116 Å². The third kappa shape index (κ3) is 2.69. The zero-order valence-electron chi connectivity index (χ0n) is 11.7. The molecule has 20 heavy (non-hydrogen) atoms. The highest BCUT2D eigenvalue weighted by Gasteiger charge is 2.55. The van der Waals surface area contributed by atoms with E-state index >= 15 is 0 Å². The second kappa shape index (κ2) is 5.04. The maximum atomic E-state index is 13.0. The van der Waals surface area contributed by atoms with Gasteiger partial charge in [-0.2, -0.15) is 13.2 Å². The van der Waals surface area contributed by atoms with Crippen LogP contribution in [0.3, 0.4) is 0 Å². The minimum atomic E-state index is -4.24. The van der Waals surface area contributed by atoms with Gasteiger partial charge in [0.25, 0.3) is 0 Å². The molecule has 0 radical (unpaired) electrons. The third-order valence-corrected chi connectivity index (χ3v) is 4.73. The van der Waals surface area contributed by atoms with Crippen LogP contribution in [-0.2, 0) is 9.59 Å². The summed E-state index contributed by atoms with van der Waals surface area (Å²) >= 11 is 0. The SMILES string of the molecule is CC(C)C1C(=O)NC(=O)CC12CCCC(C(F)(F)F)C2. The quantitative estimate of drug-likeness (QED) is 0.755. The fourth-order valence-electron chi connectivity index (χ4n) is 4.09. The zero-order valence-corrected chi connectivity index (χ0v) is 11.7. The predicted molar refractivity (Wildman–Crippen MR) is 66.5 cm³/mol. The van der Waals surface area contributed by atoms with Gasteiger partial charge < -0.3 is 0 Å². The molecule has 0 aromatic carbocycles. The number of carbonyl (C=O) groups excluding carboxylic acids is 2. The second-order valence-electron chi connectivity index (χ2n) is 6.51. The van der Waals surface area contributed by atoms with Gasteiger partial charge in [-0.25, -0.2) is 0 Å². The van der Waals surface area contributed by atoms with E-state index in [9.17, 15) is 22.8 Å². The lowest BCUT2D eigenvalue weighted by Gasteiger charge is -2.49. The molecule has 0 bridgehead atoms. The number of amides is 2. The Bertz CT molecular complexity index is 419. The normalized spacial score (nSPS) is 35.5. The first-order valence-corrected chi connectivity index (χ1v) is 7.06. The zero-order chi connectivity index (χ0) is 15.1. The molecule has 3 unspecified atom stereocenters. The number of rotatable bonds is 1. The number of alkyl halides is 3. The number of nitrogens with one attached hydrogen (secondary N) is 1. The molecule has 114 valence electrons. The van der Waals surface area contributed by atoms with Crippen molar-refractivity contribution in [3.05, 3.63) is 0 Å². The third-order valence-electron chi connectivity index (χ3n) is 4.73. The average molecular weight is 291 g/mol. The van der Waals surface area contributed by atoms with Crippen LogP contribution in [0.4, 0.5) is 13.2 Å². The summed E-state index contributed by atoms with van der Waals surface area (Å²) in [5.41, 5.74) is -0.813. The minimum absolute atomic E-state index is 0.0359. The lowest BCUT2D eigenvalue weighted by atomic mass is 9.57. The van der Waals surface area contributed by atoms with Crippen molar-refractivity contribution >= 4 is 11.8 Å². The van der Waals surface area contributed by atoms with Gasteiger partial charge in [0.2, 0.25) is 11.8 Å². The summed E-state index contributed by atoms with van der Waals surface area (Å²) in [6.45, 7) is 3.66. The van der Waals surface area contributed by atoms with Crippen LogP contribution in [0.1, 0.15) is 46.0 Å². The van der Waals surface area contributed by atoms with Crippen molar-refractivity contribution in [2.45, 2.75) is 52.1 Å². The molecule has 0 aromatic rings. The van der Waals surface area contributed by atoms with Gasteiger partial charge in [-0.05, 0) is 30.6 Å². The van der Waals surface area contributed by atoms with Gasteiger partial charge in [-0.1, -0.05) is 20.3 Å². The first-order chi connectivity index (χ1) is 9.16. The van der Waals surface area contributed by atoms with Gasteiger partial charge >= 0.3 is 6.18 Å². The topological polar surface area (TPSA) is 46.2 Å². The molecule has 1 aliphatic heterocycles. The van der Waals surface area contributed by atoms with Gasteiger partial charge in [-0.3, -0.25) is 14.9 Å². The highest BCUT2D eigenvalue weighted by molar-refractivity contribution is 5.99. The fraction of sp³-hybridized carbons (Fsp3) is 0.857. The van der Waals surface area contributed by atoms with E-state index in [-0.39, 0.29) is 25.2 Å². The van der Waals surface area contributed by atoms with Crippen molar-refractivity contribution in [1.29, 1.82) is 0 Å². The van der Waals surface area contributed by atoms with Crippen molar-refractivity contribution in [2.24, 2.45) is 23.2 Å². The van der Waals surface area contributed by atoms with Gasteiger partial charge in [-0.15, -0.1) is 0 Å². The van der Waals surface area contributed by atoms with E-state index in [0.29, 0.717) is 12.8 Å². The van der Waals surface area contributed by atoms with Crippen LogP contribution in [-0.4, -0.2) is 18.0 Å². The van der Waals surface area contributed by atoms with E-state index in [1.165, 1.54) is 0 Å². The summed E-state index contributed by atoms with van der Waals surface area (Å²) in [5.74, 6) is -2.81. The number of imide groups is 1. The molecular formula is C14H20F3NO2. The average Bonchev–Trinajstić information content (AvgIpc) is 2.25. The Morgan fingerprint density at radius 1 is 1.30 bits per heavy atom. The van der Waals surface area contributed by atoms with Crippen molar-refractivity contribution in [3.63, 3.8) is 0 Å². The van der Waals surface area contributed by atoms with E-state index in [1.54, 1.807) is 0 Å². The van der Waals surface area contributed by atoms with E-state index in [2.05, 4.69) is 5.32 Å². The molecule has 2 amide bonds. The maximum Gasteiger partial charge on any atom is 0.391 e. The summed E-state index contributed by atoms with van der Waals surface area (Å²) in [5, 5.41) is 2.28. The summed E-state index contributed by atoms with van der Waals surface area (Å²) < 4.78 is 39.0. The van der Waals surface area contributed by atoms with Crippen LogP contribution in [0, 0.1) is 23.2 Å². The Morgan fingerprint density at radius 3 is 2.50 bits per heavy atom. The monoisotopic (exact) mass is 291 g/mol. The molecule has 1 saturated carbocycles. The number of hydrogen-bond acceptors (Lipinski definition) is 2. The molecule has 1 N–H and O–H groups in total. The predicted octanol–water partition coefficient (Wildman–Crippen LogP) is 3.04. The van der Waals surface area contributed by atoms with Crippen LogP contribution in [0.15, 0.2) is 0 Å². The molecule has 1 spiro atoms. The van der Waals surface area contributed by atoms with Gasteiger partial charge in [0, 0.05) is 12.3 Å². The summed E-state index contributed by atoms with van der Waals surface area (Å²) in [6.07, 6.45) is -3.25. The molecule has 1 aliphatic carbocycles. The molecule has 1 saturated heterocycles. The van der Waals surface area contributed by atoms with Crippen molar-refractivity contribution in [3.8, 4) is 0 Å². The van der Waals surface area contributed by atoms with E-state index in [1.807, 2.05) is 13.8 Å². The smallest absolute Gasteiger partial charge is 0.296 e. The minimum Gasteiger partial charge on any atom is -0.296 e. The highest BCUT2D eigenvalue weighted by atomic mass is 19.4. The summed E-state index contributed by atoms with van der Waals surface area (Å²) in [4.78, 5) is 23.7. The maximum absolute atomic E-state index is 13.0. The van der Waals surface area contributed by atoms with Crippen molar-refractivity contribution in [1.82, 2.24) is 5.32 Å². The largest absolute Gasteiger partial charge is 0.391 e. The first-order valence-electron chi connectivity index (χ1n) is 7.06. The molecule has 2 aliphatic rings. The molecule has 2 fully saturated rings. The fourth-order valence-corrected chi connectivity index (χ4v) is 4.09. The first kappa shape index (κ1) is 15.3. The van der Waals surface area contributed by atoms with E-state index in [4.69, 9.17) is 0 Å². The molecule has 0 aromatic heterocycles. The van der Waals surface area contributed by atoms with E-state index < -0.39 is 35.2 Å². The Hall–Kier alpha value is -1.07. The van der Waals surface area contributed by atoms with Crippen LogP contribution >= 0.6 is 0 Å². The molecule has 1 heterocycles. The molecule has 3 nitrogen and oxygen atoms in total. The van der Waals surface area contributed by atoms with Crippen LogP contribution < -0.4 is 5.32 Å². The van der Waals surface area contributed by atoms with Gasteiger partial charge in [0.05, 0.1) is 5.92 Å². The van der Waals surface area contributed by atoms with Crippen molar-refractivity contribution < 1.29 is 22.8 Å². The Kier molecular flexibility index (Phi) is 3.86.